The Labute approximate surface area is 60.0 Å². The first-order valence-electron chi connectivity index (χ1n) is 3.26. The van der Waals surface area contributed by atoms with Gasteiger partial charge in [-0.05, 0) is 13.8 Å². The van der Waals surface area contributed by atoms with Crippen molar-refractivity contribution in [2.75, 3.05) is 11.2 Å². The fourth-order valence-electron chi connectivity index (χ4n) is 0.666. The standard InChI is InChI=1S/C6H12N4/c1-5(2)9-10-6(7)3-4-8-10/h3-5,9H,7H2,1-2H3. The van der Waals surface area contributed by atoms with Gasteiger partial charge < -0.3 is 11.2 Å². The average molecular weight is 140 g/mol. The first-order chi connectivity index (χ1) is 4.70. The molecule has 0 unspecified atom stereocenters. The van der Waals surface area contributed by atoms with Gasteiger partial charge in [-0.2, -0.15) is 9.89 Å². The molecule has 0 radical (unpaired) electrons. The number of aromatic nitrogens is 2. The molecule has 3 N–H and O–H groups in total. The first kappa shape index (κ1) is 6.92. The quantitative estimate of drug-likeness (QED) is 0.625. The highest BCUT2D eigenvalue weighted by molar-refractivity contribution is 5.26. The number of nitrogens with zero attached hydrogens (tertiary/aromatic N) is 2. The van der Waals surface area contributed by atoms with E-state index >= 15 is 0 Å². The minimum atomic E-state index is 0.349. The van der Waals surface area contributed by atoms with Gasteiger partial charge in [0.25, 0.3) is 0 Å². The van der Waals surface area contributed by atoms with Gasteiger partial charge in [-0.15, -0.1) is 0 Å². The van der Waals surface area contributed by atoms with Crippen molar-refractivity contribution in [3.8, 4) is 0 Å². The fraction of sp³-hybridized carbons (Fsp3) is 0.500. The third-order valence-electron chi connectivity index (χ3n) is 1.05. The van der Waals surface area contributed by atoms with Crippen molar-refractivity contribution in [2.24, 2.45) is 0 Å². The zero-order valence-electron chi connectivity index (χ0n) is 6.20. The summed E-state index contributed by atoms with van der Waals surface area (Å²) in [5.41, 5.74) is 8.56. The van der Waals surface area contributed by atoms with Crippen LogP contribution in [0.5, 0.6) is 0 Å². The monoisotopic (exact) mass is 140 g/mol. The number of hydrogen-bond acceptors (Lipinski definition) is 3. The maximum atomic E-state index is 5.53. The van der Waals surface area contributed by atoms with E-state index < -0.39 is 0 Å². The molecule has 0 aliphatic carbocycles. The lowest BCUT2D eigenvalue weighted by atomic mass is 10.4. The molecule has 0 spiro atoms. The van der Waals surface area contributed by atoms with Gasteiger partial charge >= 0.3 is 0 Å². The molecule has 0 amide bonds. The number of nitrogens with two attached hydrogens (primary N) is 1. The Morgan fingerprint density at radius 2 is 2.40 bits per heavy atom. The highest BCUT2D eigenvalue weighted by Gasteiger charge is 1.96. The second kappa shape index (κ2) is 2.60. The summed E-state index contributed by atoms with van der Waals surface area (Å²) in [7, 11) is 0. The lowest BCUT2D eigenvalue weighted by Crippen LogP contribution is -2.24. The Bertz CT molecular complexity index is 203. The van der Waals surface area contributed by atoms with E-state index in [0.29, 0.717) is 11.9 Å². The topological polar surface area (TPSA) is 55.9 Å². The highest BCUT2D eigenvalue weighted by atomic mass is 15.6. The lowest BCUT2D eigenvalue weighted by Gasteiger charge is -2.10. The SMILES string of the molecule is CC(C)Nn1nccc1N. The summed E-state index contributed by atoms with van der Waals surface area (Å²) in [5.74, 6) is 0.633. The van der Waals surface area contributed by atoms with Crippen LogP contribution in [0, 0.1) is 0 Å². The predicted octanol–water partition coefficient (Wildman–Crippen LogP) is 0.417. The summed E-state index contributed by atoms with van der Waals surface area (Å²) in [5, 5.41) is 3.94. The molecule has 0 atom stereocenters. The number of anilines is 1. The molecule has 0 aromatic carbocycles. The van der Waals surface area contributed by atoms with Gasteiger partial charge in [-0.1, -0.05) is 0 Å². The number of nitrogens with one attached hydrogen (secondary N) is 1. The molecular formula is C6H12N4. The molecule has 4 nitrogen and oxygen atoms in total. The van der Waals surface area contributed by atoms with Crippen molar-refractivity contribution in [3.05, 3.63) is 12.3 Å². The molecule has 4 heteroatoms. The molecule has 0 aliphatic rings. The molecule has 1 heterocycles. The van der Waals surface area contributed by atoms with Crippen molar-refractivity contribution in [1.29, 1.82) is 0 Å². The molecule has 1 rings (SSSR count). The van der Waals surface area contributed by atoms with Crippen LogP contribution in [-0.4, -0.2) is 15.9 Å². The fourth-order valence-corrected chi connectivity index (χ4v) is 0.666. The summed E-state index contributed by atoms with van der Waals surface area (Å²) < 4.78 is 0. The number of hydrogen-bond donors (Lipinski definition) is 2. The van der Waals surface area contributed by atoms with E-state index in [2.05, 4.69) is 10.5 Å². The molecule has 0 saturated heterocycles. The van der Waals surface area contributed by atoms with Crippen LogP contribution in [0.25, 0.3) is 0 Å². The lowest BCUT2D eigenvalue weighted by molar-refractivity contribution is 0.675. The van der Waals surface area contributed by atoms with Crippen LogP contribution >= 0.6 is 0 Å². The van der Waals surface area contributed by atoms with Crippen molar-refractivity contribution < 1.29 is 0 Å². The Morgan fingerprint density at radius 3 is 2.80 bits per heavy atom. The maximum absolute atomic E-state index is 5.53. The number of rotatable bonds is 2. The van der Waals surface area contributed by atoms with Crippen molar-refractivity contribution in [3.63, 3.8) is 0 Å². The minimum absolute atomic E-state index is 0.349. The normalized spacial score (nSPS) is 10.3. The maximum Gasteiger partial charge on any atom is 0.144 e. The van der Waals surface area contributed by atoms with Crippen LogP contribution in [0.4, 0.5) is 5.82 Å². The second-order valence-corrected chi connectivity index (χ2v) is 2.45. The Morgan fingerprint density at radius 1 is 1.70 bits per heavy atom. The van der Waals surface area contributed by atoms with Gasteiger partial charge in [-0.25, -0.2) is 0 Å². The Balaban J connectivity index is 2.65. The summed E-state index contributed by atoms with van der Waals surface area (Å²) in [6.07, 6.45) is 1.66. The smallest absolute Gasteiger partial charge is 0.144 e. The Hall–Kier alpha value is -1.19. The molecular weight excluding hydrogens is 128 g/mol. The predicted molar refractivity (Wildman–Crippen MR) is 41.1 cm³/mol. The molecule has 0 fully saturated rings. The van der Waals surface area contributed by atoms with E-state index in [1.54, 1.807) is 17.1 Å². The van der Waals surface area contributed by atoms with Crippen LogP contribution in [0.1, 0.15) is 13.8 Å². The Kier molecular flexibility index (Phi) is 1.80. The zero-order valence-corrected chi connectivity index (χ0v) is 6.20. The second-order valence-electron chi connectivity index (χ2n) is 2.45. The van der Waals surface area contributed by atoms with Crippen LogP contribution < -0.4 is 11.2 Å². The van der Waals surface area contributed by atoms with Gasteiger partial charge in [0.05, 0.1) is 6.20 Å². The molecule has 1 aromatic rings. The number of nitrogen functional groups attached to an aromatic ring is 1. The third kappa shape index (κ3) is 1.40. The largest absolute Gasteiger partial charge is 0.382 e. The minimum Gasteiger partial charge on any atom is -0.382 e. The van der Waals surface area contributed by atoms with Crippen molar-refractivity contribution in [2.45, 2.75) is 19.9 Å². The highest BCUT2D eigenvalue weighted by Crippen LogP contribution is 1.96. The van der Waals surface area contributed by atoms with E-state index in [1.807, 2.05) is 13.8 Å². The summed E-state index contributed by atoms with van der Waals surface area (Å²) in [6, 6.07) is 2.09. The average Bonchev–Trinajstić information content (AvgIpc) is 2.15. The first-order valence-corrected chi connectivity index (χ1v) is 3.26. The van der Waals surface area contributed by atoms with E-state index in [9.17, 15) is 0 Å². The molecule has 0 bridgehead atoms. The van der Waals surface area contributed by atoms with E-state index in [0.717, 1.165) is 0 Å². The third-order valence-corrected chi connectivity index (χ3v) is 1.05. The summed E-state index contributed by atoms with van der Waals surface area (Å²) in [6.45, 7) is 4.06. The summed E-state index contributed by atoms with van der Waals surface area (Å²) in [4.78, 5) is 1.56. The van der Waals surface area contributed by atoms with Gasteiger partial charge in [0.2, 0.25) is 0 Å². The van der Waals surface area contributed by atoms with Gasteiger partial charge in [0.1, 0.15) is 5.82 Å². The van der Waals surface area contributed by atoms with Crippen molar-refractivity contribution >= 4 is 5.82 Å². The van der Waals surface area contributed by atoms with E-state index in [4.69, 9.17) is 5.73 Å². The van der Waals surface area contributed by atoms with Gasteiger partial charge in [0, 0.05) is 12.1 Å². The molecule has 10 heavy (non-hydrogen) atoms. The van der Waals surface area contributed by atoms with Crippen LogP contribution in [0.3, 0.4) is 0 Å². The summed E-state index contributed by atoms with van der Waals surface area (Å²) >= 11 is 0. The molecule has 56 valence electrons. The van der Waals surface area contributed by atoms with Gasteiger partial charge in [0.15, 0.2) is 0 Å². The molecule has 0 saturated carbocycles. The van der Waals surface area contributed by atoms with Crippen LogP contribution in [0.15, 0.2) is 12.3 Å². The van der Waals surface area contributed by atoms with E-state index in [1.165, 1.54) is 0 Å². The van der Waals surface area contributed by atoms with Crippen molar-refractivity contribution in [1.82, 2.24) is 9.89 Å². The van der Waals surface area contributed by atoms with Crippen LogP contribution in [-0.2, 0) is 0 Å². The zero-order chi connectivity index (χ0) is 7.56. The molecule has 0 aliphatic heterocycles. The van der Waals surface area contributed by atoms with Gasteiger partial charge in [-0.3, -0.25) is 0 Å². The van der Waals surface area contributed by atoms with Crippen LogP contribution in [0.2, 0.25) is 0 Å². The molecule has 1 aromatic heterocycles. The van der Waals surface area contributed by atoms with E-state index in [-0.39, 0.29) is 0 Å².